The third-order valence-corrected chi connectivity index (χ3v) is 3.48. The standard InChI is InChI=1S/C18H17N3O/c1-2-14-6-8-15(9-7-14)20-18(22)11-10-16-13-19-17-5-3-4-12-21(16)17/h3-13H,2H2,1H3,(H,20,22)/b11-10+. The molecular formula is C18H17N3O. The molecule has 0 aliphatic heterocycles. The van der Waals surface area contributed by atoms with Gasteiger partial charge in [0.2, 0.25) is 5.91 Å². The van der Waals surface area contributed by atoms with Crippen LogP contribution < -0.4 is 5.32 Å². The van der Waals surface area contributed by atoms with Crippen LogP contribution in [0.4, 0.5) is 5.69 Å². The number of hydrogen-bond acceptors (Lipinski definition) is 2. The fourth-order valence-electron chi connectivity index (χ4n) is 2.24. The van der Waals surface area contributed by atoms with Crippen molar-refractivity contribution in [3.05, 3.63) is 72.2 Å². The highest BCUT2D eigenvalue weighted by molar-refractivity contribution is 6.01. The Bertz CT molecular complexity index is 816. The fraction of sp³-hybridized carbons (Fsp3) is 0.111. The van der Waals surface area contributed by atoms with Crippen molar-refractivity contribution in [1.82, 2.24) is 9.38 Å². The van der Waals surface area contributed by atoms with E-state index in [2.05, 4.69) is 17.2 Å². The summed E-state index contributed by atoms with van der Waals surface area (Å²) in [5, 5.41) is 2.85. The number of aromatic nitrogens is 2. The molecule has 4 nitrogen and oxygen atoms in total. The van der Waals surface area contributed by atoms with Crippen LogP contribution in [0.25, 0.3) is 11.7 Å². The van der Waals surface area contributed by atoms with Crippen LogP contribution in [0.1, 0.15) is 18.2 Å². The average molecular weight is 291 g/mol. The fourth-order valence-corrected chi connectivity index (χ4v) is 2.24. The molecule has 1 N–H and O–H groups in total. The number of fused-ring (bicyclic) bond motifs is 1. The Balaban J connectivity index is 1.70. The number of pyridine rings is 1. The number of amides is 1. The van der Waals surface area contributed by atoms with Crippen LogP contribution in [0.5, 0.6) is 0 Å². The second-order valence-electron chi connectivity index (χ2n) is 4.98. The van der Waals surface area contributed by atoms with Crippen LogP contribution in [0.2, 0.25) is 0 Å². The Morgan fingerprint density at radius 1 is 1.23 bits per heavy atom. The lowest BCUT2D eigenvalue weighted by atomic mass is 10.1. The van der Waals surface area contributed by atoms with E-state index in [-0.39, 0.29) is 5.91 Å². The average Bonchev–Trinajstić information content (AvgIpc) is 2.97. The molecule has 2 heterocycles. The minimum atomic E-state index is -0.157. The molecule has 0 unspecified atom stereocenters. The van der Waals surface area contributed by atoms with E-state index >= 15 is 0 Å². The summed E-state index contributed by atoms with van der Waals surface area (Å²) in [6, 6.07) is 13.7. The first-order chi connectivity index (χ1) is 10.8. The zero-order chi connectivity index (χ0) is 15.4. The molecule has 0 atom stereocenters. The van der Waals surface area contributed by atoms with E-state index in [1.165, 1.54) is 11.6 Å². The SMILES string of the molecule is CCc1ccc(NC(=O)/C=C/c2cnc3ccccn23)cc1. The molecule has 1 amide bonds. The van der Waals surface area contributed by atoms with Crippen molar-refractivity contribution in [3.63, 3.8) is 0 Å². The van der Waals surface area contributed by atoms with E-state index in [1.807, 2.05) is 53.1 Å². The molecule has 0 spiro atoms. The first-order valence-corrected chi connectivity index (χ1v) is 7.26. The Morgan fingerprint density at radius 3 is 2.82 bits per heavy atom. The number of imidazole rings is 1. The molecule has 22 heavy (non-hydrogen) atoms. The predicted octanol–water partition coefficient (Wildman–Crippen LogP) is 3.55. The van der Waals surface area contributed by atoms with Crippen molar-refractivity contribution < 1.29 is 4.79 Å². The van der Waals surface area contributed by atoms with Gasteiger partial charge in [-0.1, -0.05) is 25.1 Å². The Kier molecular flexibility index (Phi) is 4.01. The molecule has 4 heteroatoms. The summed E-state index contributed by atoms with van der Waals surface area (Å²) in [5.41, 5.74) is 3.77. The number of carbonyl (C=O) groups is 1. The van der Waals surface area contributed by atoms with E-state index in [0.717, 1.165) is 23.4 Å². The molecule has 3 rings (SSSR count). The van der Waals surface area contributed by atoms with Crippen LogP contribution in [-0.2, 0) is 11.2 Å². The van der Waals surface area contributed by atoms with Crippen molar-refractivity contribution in [2.75, 3.05) is 5.32 Å². The summed E-state index contributed by atoms with van der Waals surface area (Å²) >= 11 is 0. The van der Waals surface area contributed by atoms with Gasteiger partial charge in [-0.2, -0.15) is 0 Å². The second kappa shape index (κ2) is 6.26. The largest absolute Gasteiger partial charge is 0.323 e. The molecule has 1 aromatic carbocycles. The third kappa shape index (κ3) is 3.06. The molecule has 0 saturated carbocycles. The zero-order valence-corrected chi connectivity index (χ0v) is 12.4. The molecule has 0 radical (unpaired) electrons. The molecule has 110 valence electrons. The lowest BCUT2D eigenvalue weighted by Gasteiger charge is -2.03. The van der Waals surface area contributed by atoms with Gasteiger partial charge in [0.15, 0.2) is 0 Å². The number of nitrogens with one attached hydrogen (secondary N) is 1. The van der Waals surface area contributed by atoms with E-state index in [1.54, 1.807) is 12.3 Å². The van der Waals surface area contributed by atoms with Crippen LogP contribution >= 0.6 is 0 Å². The summed E-state index contributed by atoms with van der Waals surface area (Å²) in [4.78, 5) is 16.3. The van der Waals surface area contributed by atoms with E-state index in [9.17, 15) is 4.79 Å². The molecule has 0 bridgehead atoms. The summed E-state index contributed by atoms with van der Waals surface area (Å²) in [5.74, 6) is -0.157. The second-order valence-corrected chi connectivity index (χ2v) is 4.98. The molecule has 3 aromatic rings. The highest BCUT2D eigenvalue weighted by Crippen LogP contribution is 2.11. The van der Waals surface area contributed by atoms with Gasteiger partial charge >= 0.3 is 0 Å². The van der Waals surface area contributed by atoms with Gasteiger partial charge in [0.25, 0.3) is 0 Å². The first kappa shape index (κ1) is 14.1. The molecule has 0 saturated heterocycles. The highest BCUT2D eigenvalue weighted by atomic mass is 16.1. The van der Waals surface area contributed by atoms with Gasteiger partial charge in [0.05, 0.1) is 11.9 Å². The number of carbonyl (C=O) groups excluding carboxylic acids is 1. The number of benzene rings is 1. The van der Waals surface area contributed by atoms with Gasteiger partial charge in [0, 0.05) is 18.0 Å². The van der Waals surface area contributed by atoms with Gasteiger partial charge in [-0.05, 0) is 42.3 Å². The monoisotopic (exact) mass is 291 g/mol. The van der Waals surface area contributed by atoms with Crippen molar-refractivity contribution in [2.45, 2.75) is 13.3 Å². The Hall–Kier alpha value is -2.88. The zero-order valence-electron chi connectivity index (χ0n) is 12.4. The number of aryl methyl sites for hydroxylation is 1. The van der Waals surface area contributed by atoms with Crippen molar-refractivity contribution in [1.29, 1.82) is 0 Å². The number of nitrogens with zero attached hydrogens (tertiary/aromatic N) is 2. The maximum absolute atomic E-state index is 12.0. The van der Waals surface area contributed by atoms with Gasteiger partial charge in [0.1, 0.15) is 5.65 Å². The Labute approximate surface area is 129 Å². The number of anilines is 1. The van der Waals surface area contributed by atoms with Crippen LogP contribution in [0.3, 0.4) is 0 Å². The Morgan fingerprint density at radius 2 is 2.05 bits per heavy atom. The highest BCUT2D eigenvalue weighted by Gasteiger charge is 2.01. The molecular weight excluding hydrogens is 274 g/mol. The van der Waals surface area contributed by atoms with Crippen LogP contribution in [-0.4, -0.2) is 15.3 Å². The quantitative estimate of drug-likeness (QED) is 0.747. The normalized spacial score (nSPS) is 11.1. The predicted molar refractivity (Wildman–Crippen MR) is 88.7 cm³/mol. The smallest absolute Gasteiger partial charge is 0.248 e. The van der Waals surface area contributed by atoms with E-state index in [0.29, 0.717) is 0 Å². The van der Waals surface area contributed by atoms with Gasteiger partial charge in [-0.25, -0.2) is 4.98 Å². The molecule has 0 fully saturated rings. The maximum Gasteiger partial charge on any atom is 0.248 e. The topological polar surface area (TPSA) is 46.4 Å². The first-order valence-electron chi connectivity index (χ1n) is 7.26. The summed E-state index contributed by atoms with van der Waals surface area (Å²) in [6.07, 6.45) is 7.93. The van der Waals surface area contributed by atoms with E-state index < -0.39 is 0 Å². The molecule has 2 aromatic heterocycles. The van der Waals surface area contributed by atoms with Crippen molar-refractivity contribution >= 4 is 23.3 Å². The van der Waals surface area contributed by atoms with E-state index in [4.69, 9.17) is 0 Å². The molecule has 0 aliphatic carbocycles. The lowest BCUT2D eigenvalue weighted by Crippen LogP contribution is -2.07. The van der Waals surface area contributed by atoms with Gasteiger partial charge < -0.3 is 9.72 Å². The number of hydrogen-bond donors (Lipinski definition) is 1. The third-order valence-electron chi connectivity index (χ3n) is 3.48. The minimum absolute atomic E-state index is 0.157. The molecule has 0 aliphatic rings. The summed E-state index contributed by atoms with van der Waals surface area (Å²) in [7, 11) is 0. The van der Waals surface area contributed by atoms with Gasteiger partial charge in [-0.15, -0.1) is 0 Å². The summed E-state index contributed by atoms with van der Waals surface area (Å²) in [6.45, 7) is 2.10. The number of rotatable bonds is 4. The van der Waals surface area contributed by atoms with Crippen LogP contribution in [0, 0.1) is 0 Å². The van der Waals surface area contributed by atoms with Gasteiger partial charge in [-0.3, -0.25) is 4.79 Å². The minimum Gasteiger partial charge on any atom is -0.323 e. The lowest BCUT2D eigenvalue weighted by molar-refractivity contribution is -0.111. The maximum atomic E-state index is 12.0. The summed E-state index contributed by atoms with van der Waals surface area (Å²) < 4.78 is 1.93. The van der Waals surface area contributed by atoms with Crippen molar-refractivity contribution in [3.8, 4) is 0 Å². The van der Waals surface area contributed by atoms with Crippen molar-refractivity contribution in [2.24, 2.45) is 0 Å². The van der Waals surface area contributed by atoms with Crippen LogP contribution in [0.15, 0.2) is 60.9 Å².